The fourth-order valence-corrected chi connectivity index (χ4v) is 3.21. The average molecular weight is 347 g/mol. The number of methoxy groups -OCH3 is 1. The minimum Gasteiger partial charge on any atom is -0.382 e. The molecule has 0 unspecified atom stereocenters. The number of nitrogens with zero attached hydrogens (tertiary/aromatic N) is 2. The summed E-state index contributed by atoms with van der Waals surface area (Å²) in [5.74, 6) is 1.90. The van der Waals surface area contributed by atoms with E-state index in [4.69, 9.17) is 9.47 Å². The second kappa shape index (κ2) is 13.8. The Balaban J connectivity index is 1.93. The van der Waals surface area contributed by atoms with Crippen molar-refractivity contribution in [2.75, 3.05) is 52.8 Å². The number of rotatable bonds is 12. The highest BCUT2D eigenvalue weighted by Crippen LogP contribution is 2.20. The highest BCUT2D eigenvalue weighted by Gasteiger charge is 1.99. The SMILES string of the molecule is CN=C(NCCCOCCOC)NCCCSc1nccs1. The number of aliphatic imine (C=N–C) groups is 1. The van der Waals surface area contributed by atoms with Gasteiger partial charge in [-0.25, -0.2) is 4.98 Å². The first-order chi connectivity index (χ1) is 10.9. The molecule has 1 aromatic heterocycles. The maximum absolute atomic E-state index is 5.40. The minimum atomic E-state index is 0.648. The van der Waals surface area contributed by atoms with Crippen molar-refractivity contribution in [3.63, 3.8) is 0 Å². The van der Waals surface area contributed by atoms with Crippen LogP contribution in [0.15, 0.2) is 20.9 Å². The van der Waals surface area contributed by atoms with E-state index in [2.05, 4.69) is 20.6 Å². The van der Waals surface area contributed by atoms with Gasteiger partial charge < -0.3 is 20.1 Å². The molecular weight excluding hydrogens is 320 g/mol. The number of hydrogen-bond acceptors (Lipinski definition) is 6. The molecule has 0 amide bonds. The van der Waals surface area contributed by atoms with Gasteiger partial charge in [0.1, 0.15) is 4.34 Å². The third-order valence-corrected chi connectivity index (χ3v) is 4.71. The summed E-state index contributed by atoms with van der Waals surface area (Å²) in [6, 6.07) is 0. The highest BCUT2D eigenvalue weighted by molar-refractivity contribution is 8.00. The molecule has 22 heavy (non-hydrogen) atoms. The fraction of sp³-hybridized carbons (Fsp3) is 0.714. The van der Waals surface area contributed by atoms with Crippen LogP contribution in [0.3, 0.4) is 0 Å². The topological polar surface area (TPSA) is 67.8 Å². The second-order valence-electron chi connectivity index (χ2n) is 4.38. The lowest BCUT2D eigenvalue weighted by Crippen LogP contribution is -2.38. The molecule has 0 aliphatic heterocycles. The molecular formula is C14H26N4O2S2. The van der Waals surface area contributed by atoms with Crippen LogP contribution in [0.5, 0.6) is 0 Å². The van der Waals surface area contributed by atoms with Crippen molar-refractivity contribution in [1.82, 2.24) is 15.6 Å². The van der Waals surface area contributed by atoms with Crippen molar-refractivity contribution in [2.24, 2.45) is 4.99 Å². The Morgan fingerprint density at radius 2 is 2.09 bits per heavy atom. The first-order valence-electron chi connectivity index (χ1n) is 7.40. The molecule has 1 aromatic rings. The summed E-state index contributed by atoms with van der Waals surface area (Å²) in [6.45, 7) is 3.79. The Morgan fingerprint density at radius 1 is 1.27 bits per heavy atom. The summed E-state index contributed by atoms with van der Waals surface area (Å²) in [5, 5.41) is 8.59. The quantitative estimate of drug-likeness (QED) is 0.261. The molecule has 126 valence electrons. The summed E-state index contributed by atoms with van der Waals surface area (Å²) < 4.78 is 11.5. The van der Waals surface area contributed by atoms with Crippen LogP contribution in [0, 0.1) is 0 Å². The number of guanidine groups is 1. The summed E-state index contributed by atoms with van der Waals surface area (Å²) in [4.78, 5) is 8.45. The molecule has 0 atom stereocenters. The van der Waals surface area contributed by atoms with Gasteiger partial charge in [0.25, 0.3) is 0 Å². The van der Waals surface area contributed by atoms with Gasteiger partial charge in [-0.3, -0.25) is 4.99 Å². The van der Waals surface area contributed by atoms with E-state index in [1.807, 2.05) is 11.6 Å². The van der Waals surface area contributed by atoms with Gasteiger partial charge in [-0.05, 0) is 12.8 Å². The molecule has 0 spiro atoms. The lowest BCUT2D eigenvalue weighted by molar-refractivity contribution is 0.0698. The van der Waals surface area contributed by atoms with Gasteiger partial charge >= 0.3 is 0 Å². The average Bonchev–Trinajstić information content (AvgIpc) is 3.05. The van der Waals surface area contributed by atoms with E-state index in [9.17, 15) is 0 Å². The van der Waals surface area contributed by atoms with E-state index in [0.29, 0.717) is 13.2 Å². The van der Waals surface area contributed by atoms with Crippen molar-refractivity contribution in [2.45, 2.75) is 17.2 Å². The fourth-order valence-electron chi connectivity index (χ4n) is 1.57. The predicted molar refractivity (Wildman–Crippen MR) is 94.1 cm³/mol. The second-order valence-corrected chi connectivity index (χ2v) is 6.62. The third kappa shape index (κ3) is 9.99. The standard InChI is InChI=1S/C14H26N4O2S2/c1-15-13(16-5-3-8-20-10-9-19-2)17-6-4-11-21-14-18-7-12-22-14/h7,12H,3-6,8-11H2,1-2H3,(H2,15,16,17). The van der Waals surface area contributed by atoms with Crippen LogP contribution in [0.2, 0.25) is 0 Å². The molecule has 0 bridgehead atoms. The largest absolute Gasteiger partial charge is 0.382 e. The normalized spacial score (nSPS) is 11.6. The maximum Gasteiger partial charge on any atom is 0.190 e. The van der Waals surface area contributed by atoms with Gasteiger partial charge in [-0.15, -0.1) is 11.3 Å². The van der Waals surface area contributed by atoms with Crippen molar-refractivity contribution in [3.05, 3.63) is 11.6 Å². The molecule has 8 heteroatoms. The number of aromatic nitrogens is 1. The number of nitrogens with one attached hydrogen (secondary N) is 2. The van der Waals surface area contributed by atoms with E-state index in [-0.39, 0.29) is 0 Å². The van der Waals surface area contributed by atoms with Crippen LogP contribution in [0.4, 0.5) is 0 Å². The maximum atomic E-state index is 5.40. The first kappa shape index (κ1) is 19.2. The van der Waals surface area contributed by atoms with Gasteiger partial charge in [-0.1, -0.05) is 11.8 Å². The zero-order valence-corrected chi connectivity index (χ0v) is 15.0. The summed E-state index contributed by atoms with van der Waals surface area (Å²) in [7, 11) is 3.46. The summed E-state index contributed by atoms with van der Waals surface area (Å²) in [5.41, 5.74) is 0. The van der Waals surface area contributed by atoms with Crippen molar-refractivity contribution in [3.8, 4) is 0 Å². The Bertz CT molecular complexity index is 388. The third-order valence-electron chi connectivity index (χ3n) is 2.66. The van der Waals surface area contributed by atoms with Crippen molar-refractivity contribution < 1.29 is 9.47 Å². The number of ether oxygens (including phenoxy) is 2. The molecule has 1 heterocycles. The van der Waals surface area contributed by atoms with Crippen molar-refractivity contribution in [1.29, 1.82) is 0 Å². The Morgan fingerprint density at radius 3 is 2.77 bits per heavy atom. The lowest BCUT2D eigenvalue weighted by atomic mass is 10.4. The van der Waals surface area contributed by atoms with Gasteiger partial charge in [0.05, 0.1) is 13.2 Å². The molecule has 0 aromatic carbocycles. The molecule has 6 nitrogen and oxygen atoms in total. The van der Waals surface area contributed by atoms with Gasteiger partial charge in [0, 0.05) is 51.2 Å². The molecule has 0 saturated carbocycles. The molecule has 0 radical (unpaired) electrons. The Hall–Kier alpha value is -0.830. The van der Waals surface area contributed by atoms with Gasteiger partial charge in [-0.2, -0.15) is 0 Å². The van der Waals surface area contributed by atoms with E-state index in [1.54, 1.807) is 37.3 Å². The van der Waals surface area contributed by atoms with Crippen molar-refractivity contribution >= 4 is 29.1 Å². The first-order valence-corrected chi connectivity index (χ1v) is 9.27. The minimum absolute atomic E-state index is 0.648. The van der Waals surface area contributed by atoms with Crippen LogP contribution >= 0.6 is 23.1 Å². The predicted octanol–water partition coefficient (Wildman–Crippen LogP) is 1.84. The van der Waals surface area contributed by atoms with Crippen LogP contribution in [0.1, 0.15) is 12.8 Å². The highest BCUT2D eigenvalue weighted by atomic mass is 32.2. The van der Waals surface area contributed by atoms with Crippen LogP contribution in [0.25, 0.3) is 0 Å². The Kier molecular flexibility index (Phi) is 12.1. The van der Waals surface area contributed by atoms with E-state index in [0.717, 1.165) is 48.6 Å². The Labute approximate surface area is 141 Å². The molecule has 0 fully saturated rings. The number of hydrogen-bond donors (Lipinski definition) is 2. The summed E-state index contributed by atoms with van der Waals surface area (Å²) in [6.07, 6.45) is 3.87. The zero-order valence-electron chi connectivity index (χ0n) is 13.3. The molecule has 0 aliphatic carbocycles. The molecule has 1 rings (SSSR count). The monoisotopic (exact) mass is 346 g/mol. The van der Waals surface area contributed by atoms with Gasteiger partial charge in [0.15, 0.2) is 5.96 Å². The van der Waals surface area contributed by atoms with E-state index < -0.39 is 0 Å². The van der Waals surface area contributed by atoms with Crippen LogP contribution in [-0.4, -0.2) is 63.8 Å². The van der Waals surface area contributed by atoms with E-state index >= 15 is 0 Å². The lowest BCUT2D eigenvalue weighted by Gasteiger charge is -2.11. The summed E-state index contributed by atoms with van der Waals surface area (Å²) >= 11 is 3.49. The smallest absolute Gasteiger partial charge is 0.190 e. The molecule has 2 N–H and O–H groups in total. The molecule has 0 aliphatic rings. The molecule has 0 saturated heterocycles. The van der Waals surface area contributed by atoms with Crippen LogP contribution < -0.4 is 10.6 Å². The number of thioether (sulfide) groups is 1. The van der Waals surface area contributed by atoms with Crippen LogP contribution in [-0.2, 0) is 9.47 Å². The van der Waals surface area contributed by atoms with Gasteiger partial charge in [0.2, 0.25) is 0 Å². The number of thiazole rings is 1. The van der Waals surface area contributed by atoms with E-state index in [1.165, 1.54) is 0 Å². The zero-order chi connectivity index (χ0) is 15.9.